The van der Waals surface area contributed by atoms with Gasteiger partial charge in [-0.3, -0.25) is 0 Å². The third-order valence-electron chi connectivity index (χ3n) is 6.20. The minimum Gasteiger partial charge on any atom is -0.416 e. The third-order valence-corrected chi connectivity index (χ3v) is 10.9. The second-order valence-electron chi connectivity index (χ2n) is 9.38. The molecule has 0 amide bonds. The Balaban J connectivity index is 1.58. The maximum absolute atomic E-state index is 6.47. The first-order valence-electron chi connectivity index (χ1n) is 8.94. The second kappa shape index (κ2) is 5.96. The summed E-state index contributed by atoms with van der Waals surface area (Å²) in [5.74, 6) is 1.04. The SMILES string of the molecule is CC1(CO[Si](C)(C)C(C)(C)C)CC(N2CCc3cc(Cl)nnc32)C1. The molecule has 1 aromatic rings. The van der Waals surface area contributed by atoms with Gasteiger partial charge in [0.15, 0.2) is 19.3 Å². The van der Waals surface area contributed by atoms with Crippen molar-refractivity contribution >= 4 is 25.7 Å². The molecule has 0 N–H and O–H groups in total. The molecule has 0 unspecified atom stereocenters. The zero-order valence-electron chi connectivity index (χ0n) is 15.8. The van der Waals surface area contributed by atoms with E-state index in [1.54, 1.807) is 0 Å². The summed E-state index contributed by atoms with van der Waals surface area (Å²) in [7, 11) is -1.67. The molecule has 3 rings (SSSR count). The van der Waals surface area contributed by atoms with Gasteiger partial charge < -0.3 is 9.33 Å². The molecule has 134 valence electrons. The van der Waals surface area contributed by atoms with Gasteiger partial charge in [0, 0.05) is 24.8 Å². The number of aromatic nitrogens is 2. The van der Waals surface area contributed by atoms with E-state index in [0.29, 0.717) is 16.6 Å². The molecular formula is C18H30ClN3OSi. The van der Waals surface area contributed by atoms with Crippen LogP contribution in [0.3, 0.4) is 0 Å². The molecular weight excluding hydrogens is 338 g/mol. The number of hydrogen-bond donors (Lipinski definition) is 0. The van der Waals surface area contributed by atoms with Crippen LogP contribution in [-0.2, 0) is 10.8 Å². The number of halogens is 1. The third kappa shape index (κ3) is 3.35. The van der Waals surface area contributed by atoms with Gasteiger partial charge in [-0.1, -0.05) is 39.3 Å². The van der Waals surface area contributed by atoms with Crippen LogP contribution in [0.15, 0.2) is 6.07 Å². The van der Waals surface area contributed by atoms with E-state index in [9.17, 15) is 0 Å². The van der Waals surface area contributed by atoms with Crippen LogP contribution in [0, 0.1) is 5.41 Å². The zero-order chi connectivity index (χ0) is 17.8. The molecule has 6 heteroatoms. The summed E-state index contributed by atoms with van der Waals surface area (Å²) in [5, 5.41) is 9.13. The van der Waals surface area contributed by atoms with E-state index < -0.39 is 8.32 Å². The highest BCUT2D eigenvalue weighted by Crippen LogP contribution is 2.47. The maximum Gasteiger partial charge on any atom is 0.192 e. The Kier molecular flexibility index (Phi) is 4.50. The first-order valence-corrected chi connectivity index (χ1v) is 12.2. The minimum atomic E-state index is -1.67. The molecule has 1 fully saturated rings. The zero-order valence-corrected chi connectivity index (χ0v) is 17.6. The van der Waals surface area contributed by atoms with Crippen molar-refractivity contribution in [1.82, 2.24) is 10.2 Å². The summed E-state index contributed by atoms with van der Waals surface area (Å²) in [5.41, 5.74) is 1.53. The fraction of sp³-hybridized carbons (Fsp3) is 0.778. The number of anilines is 1. The summed E-state index contributed by atoms with van der Waals surface area (Å²) in [4.78, 5) is 2.42. The monoisotopic (exact) mass is 367 g/mol. The smallest absolute Gasteiger partial charge is 0.192 e. The lowest BCUT2D eigenvalue weighted by atomic mass is 9.67. The lowest BCUT2D eigenvalue weighted by Gasteiger charge is -2.51. The molecule has 2 aliphatic rings. The van der Waals surface area contributed by atoms with Gasteiger partial charge in [0.1, 0.15) is 0 Å². The van der Waals surface area contributed by atoms with Crippen molar-refractivity contribution in [3.8, 4) is 0 Å². The molecule has 0 aromatic carbocycles. The Hall–Kier alpha value is -0.653. The van der Waals surface area contributed by atoms with Gasteiger partial charge in [-0.05, 0) is 48.9 Å². The average molecular weight is 368 g/mol. The highest BCUT2D eigenvalue weighted by Gasteiger charge is 2.47. The molecule has 24 heavy (non-hydrogen) atoms. The van der Waals surface area contributed by atoms with Crippen LogP contribution in [0.4, 0.5) is 5.82 Å². The van der Waals surface area contributed by atoms with E-state index in [-0.39, 0.29) is 5.04 Å². The van der Waals surface area contributed by atoms with Crippen molar-refractivity contribution in [2.45, 2.75) is 71.1 Å². The van der Waals surface area contributed by atoms with Gasteiger partial charge >= 0.3 is 0 Å². The van der Waals surface area contributed by atoms with Crippen LogP contribution in [0.25, 0.3) is 0 Å². The van der Waals surface area contributed by atoms with Crippen molar-refractivity contribution < 1.29 is 4.43 Å². The summed E-state index contributed by atoms with van der Waals surface area (Å²) in [6.45, 7) is 15.9. The van der Waals surface area contributed by atoms with Crippen LogP contribution in [0.2, 0.25) is 23.3 Å². The van der Waals surface area contributed by atoms with Gasteiger partial charge in [0.05, 0.1) is 0 Å². The van der Waals surface area contributed by atoms with E-state index in [1.807, 2.05) is 6.07 Å². The summed E-state index contributed by atoms with van der Waals surface area (Å²) < 4.78 is 6.47. The van der Waals surface area contributed by atoms with Crippen LogP contribution in [0.5, 0.6) is 0 Å². The van der Waals surface area contributed by atoms with E-state index in [2.05, 4.69) is 55.9 Å². The Morgan fingerprint density at radius 3 is 2.62 bits per heavy atom. The van der Waals surface area contributed by atoms with Gasteiger partial charge in [-0.15, -0.1) is 10.2 Å². The Morgan fingerprint density at radius 1 is 1.33 bits per heavy atom. The standard InChI is InChI=1S/C18H30ClN3OSi/c1-17(2,3)24(5,6)23-12-18(4)10-14(11-18)22-8-7-13-9-15(19)20-21-16(13)22/h9,14H,7-8,10-12H2,1-6H3. The van der Waals surface area contributed by atoms with Gasteiger partial charge in [-0.2, -0.15) is 0 Å². The topological polar surface area (TPSA) is 38.2 Å². The largest absolute Gasteiger partial charge is 0.416 e. The van der Waals surface area contributed by atoms with Crippen molar-refractivity contribution in [2.24, 2.45) is 5.41 Å². The van der Waals surface area contributed by atoms with E-state index in [0.717, 1.165) is 25.4 Å². The minimum absolute atomic E-state index is 0.273. The van der Waals surface area contributed by atoms with Crippen LogP contribution >= 0.6 is 11.6 Å². The second-order valence-corrected chi connectivity index (χ2v) is 14.6. The van der Waals surface area contributed by atoms with E-state index >= 15 is 0 Å². The summed E-state index contributed by atoms with van der Waals surface area (Å²) >= 11 is 5.96. The number of hydrogen-bond acceptors (Lipinski definition) is 4. The molecule has 4 nitrogen and oxygen atoms in total. The van der Waals surface area contributed by atoms with E-state index in [1.165, 1.54) is 18.4 Å². The number of rotatable bonds is 4. The lowest BCUT2D eigenvalue weighted by Crippen LogP contribution is -2.53. The molecule has 0 bridgehead atoms. The lowest BCUT2D eigenvalue weighted by molar-refractivity contribution is 0.0485. The summed E-state index contributed by atoms with van der Waals surface area (Å²) in [6, 6.07) is 2.53. The van der Waals surface area contributed by atoms with Crippen LogP contribution < -0.4 is 4.90 Å². The Morgan fingerprint density at radius 2 is 2.00 bits per heavy atom. The van der Waals surface area contributed by atoms with Crippen LogP contribution in [-0.4, -0.2) is 37.7 Å². The highest BCUT2D eigenvalue weighted by atomic mass is 35.5. The van der Waals surface area contributed by atoms with E-state index in [4.69, 9.17) is 16.0 Å². The molecule has 1 saturated carbocycles. The van der Waals surface area contributed by atoms with Crippen molar-refractivity contribution in [2.75, 3.05) is 18.1 Å². The summed E-state index contributed by atoms with van der Waals surface area (Å²) in [6.07, 6.45) is 3.37. The maximum atomic E-state index is 6.47. The fourth-order valence-corrected chi connectivity index (χ4v) is 4.82. The molecule has 0 spiro atoms. The van der Waals surface area contributed by atoms with Crippen molar-refractivity contribution in [3.05, 3.63) is 16.8 Å². The van der Waals surface area contributed by atoms with Gasteiger partial charge in [-0.25, -0.2) is 0 Å². The normalized spacial score (nSPS) is 27.1. The number of fused-ring (bicyclic) bond motifs is 1. The molecule has 0 radical (unpaired) electrons. The first kappa shape index (κ1) is 18.1. The molecule has 1 aliphatic heterocycles. The highest BCUT2D eigenvalue weighted by molar-refractivity contribution is 6.74. The quantitative estimate of drug-likeness (QED) is 0.724. The predicted molar refractivity (Wildman–Crippen MR) is 102 cm³/mol. The fourth-order valence-electron chi connectivity index (χ4n) is 3.51. The van der Waals surface area contributed by atoms with Gasteiger partial charge in [0.25, 0.3) is 0 Å². The predicted octanol–water partition coefficient (Wildman–Crippen LogP) is 4.68. The van der Waals surface area contributed by atoms with Crippen molar-refractivity contribution in [1.29, 1.82) is 0 Å². The Bertz CT molecular complexity index is 623. The van der Waals surface area contributed by atoms with Crippen LogP contribution in [0.1, 0.15) is 46.1 Å². The molecule has 1 aromatic heterocycles. The number of nitrogens with zero attached hydrogens (tertiary/aromatic N) is 3. The average Bonchev–Trinajstić information content (AvgIpc) is 2.83. The first-order chi connectivity index (χ1) is 11.0. The van der Waals surface area contributed by atoms with Crippen molar-refractivity contribution in [3.63, 3.8) is 0 Å². The molecule has 1 aliphatic carbocycles. The van der Waals surface area contributed by atoms with Gasteiger partial charge in [0.2, 0.25) is 0 Å². The Labute approximate surface area is 152 Å². The molecule has 0 saturated heterocycles. The molecule has 2 heterocycles. The molecule has 0 atom stereocenters.